The molecule has 0 spiro atoms. The van der Waals surface area contributed by atoms with Crippen LogP contribution in [0.2, 0.25) is 0 Å². The molecule has 5 N–H and O–H groups in total. The number of carbonyl (C=O) groups is 4. The lowest BCUT2D eigenvalue weighted by atomic mass is 10.1. The monoisotopic (exact) mass is 1550 g/mol. The molecule has 0 heterocycles. The number of hydrogen-bond donors (Lipinski definition) is 5. The third kappa shape index (κ3) is 74.0. The molecule has 4 amide bonds. The molecule has 0 aliphatic heterocycles. The summed E-state index contributed by atoms with van der Waals surface area (Å²) >= 11 is 0. The maximum atomic E-state index is 13.3. The van der Waals surface area contributed by atoms with Crippen molar-refractivity contribution in [1.82, 2.24) is 21.3 Å². The zero-order valence-corrected chi connectivity index (χ0v) is 70.1. The van der Waals surface area contributed by atoms with Gasteiger partial charge in [0.15, 0.2) is 6.29 Å². The number of phosphoric acid groups is 2. The van der Waals surface area contributed by atoms with E-state index in [1.165, 1.54) is 141 Å². The maximum absolute atomic E-state index is 13.3. The van der Waals surface area contributed by atoms with Gasteiger partial charge in [-0.2, -0.15) is 0 Å². The van der Waals surface area contributed by atoms with Crippen molar-refractivity contribution in [3.8, 4) is 0 Å². The number of aliphatic hydroxyl groups excluding tert-OH is 1. The van der Waals surface area contributed by atoms with Crippen LogP contribution in [0, 0.1) is 0 Å². The van der Waals surface area contributed by atoms with E-state index in [0.717, 1.165) is 141 Å². The van der Waals surface area contributed by atoms with Gasteiger partial charge in [0, 0.05) is 45.4 Å². The highest BCUT2D eigenvalue weighted by Crippen LogP contribution is 2.39. The van der Waals surface area contributed by atoms with E-state index in [1.807, 2.05) is 0 Å². The number of carbonyl (C=O) groups excluding carboxylic acids is 4. The summed E-state index contributed by atoms with van der Waals surface area (Å²) in [6.45, 7) is 11.1. The number of phosphoric ester groups is 2. The van der Waals surface area contributed by atoms with Crippen molar-refractivity contribution in [3.05, 3.63) is 24.3 Å². The van der Waals surface area contributed by atoms with Gasteiger partial charge in [-0.25, -0.2) is 4.79 Å². The molecule has 0 aromatic rings. The molecule has 0 rings (SSSR count). The number of ether oxygens (including phenoxy) is 4. The van der Waals surface area contributed by atoms with Crippen molar-refractivity contribution in [2.45, 2.75) is 419 Å². The summed E-state index contributed by atoms with van der Waals surface area (Å²) < 4.78 is 71.1. The molecule has 0 aliphatic carbocycles. The molecule has 0 fully saturated rings. The van der Waals surface area contributed by atoms with Crippen LogP contribution in [0.5, 0.6) is 0 Å². The largest absolute Gasteiger partial charge is 0.756 e. The van der Waals surface area contributed by atoms with E-state index in [1.54, 1.807) is 0 Å². The van der Waals surface area contributed by atoms with Crippen molar-refractivity contribution in [1.29, 1.82) is 0 Å². The van der Waals surface area contributed by atoms with Crippen LogP contribution in [0.3, 0.4) is 0 Å². The van der Waals surface area contributed by atoms with Gasteiger partial charge in [0.25, 0.3) is 15.6 Å². The van der Waals surface area contributed by atoms with E-state index in [9.17, 15) is 43.2 Å². The van der Waals surface area contributed by atoms with Crippen LogP contribution in [0.25, 0.3) is 0 Å². The zero-order valence-electron chi connectivity index (χ0n) is 68.3. The Morgan fingerprint density at radius 3 is 1.08 bits per heavy atom. The summed E-state index contributed by atoms with van der Waals surface area (Å²) in [5.41, 5.74) is 0. The summed E-state index contributed by atoms with van der Waals surface area (Å²) in [6, 6.07) is -2.45. The fourth-order valence-electron chi connectivity index (χ4n) is 12.4. The smallest absolute Gasteiger partial charge is 0.314 e. The van der Waals surface area contributed by atoms with Crippen LogP contribution in [0.1, 0.15) is 388 Å². The number of amides is 4. The summed E-state index contributed by atoms with van der Waals surface area (Å²) in [4.78, 5) is 78.4. The predicted molar refractivity (Wildman–Crippen MR) is 428 cm³/mol. The van der Waals surface area contributed by atoms with E-state index in [2.05, 4.69) is 87.1 Å². The van der Waals surface area contributed by atoms with Crippen LogP contribution in [0.4, 0.5) is 4.79 Å². The van der Waals surface area contributed by atoms with E-state index < -0.39 is 66.5 Å². The first-order valence-corrected chi connectivity index (χ1v) is 46.2. The minimum absolute atomic E-state index is 0.0482. The average molecular weight is 1550 g/mol. The second-order valence-corrected chi connectivity index (χ2v) is 32.2. The number of allylic oxidation sites excluding steroid dienone is 4. The van der Waals surface area contributed by atoms with Crippen LogP contribution in [0.15, 0.2) is 24.3 Å². The first kappa shape index (κ1) is 103. The molecule has 7 atom stereocenters. The first-order valence-electron chi connectivity index (χ1n) is 43.3. The molecular weight excluding hydrogens is 1390 g/mol. The van der Waals surface area contributed by atoms with Crippen molar-refractivity contribution in [3.63, 3.8) is 0 Å². The van der Waals surface area contributed by atoms with Gasteiger partial charge in [0.1, 0.15) is 6.10 Å². The SMILES string of the molecule is CCCCCC/C=C\CCCC(=O)OC(CCCCCCC)CCOCC(COP(=O)([O-])OCCNC(=O)NCCOP(=O)([O-])OCC(COCCC(CCCCCCC)OC(O)CCC/C=C\CCCCCC)NC(=O)CCCCCCCCCCCCC)NC(=O)CCCCCCCCCCCCC. The van der Waals surface area contributed by atoms with Gasteiger partial charge in [-0.3, -0.25) is 23.5 Å². The number of esters is 1. The molecule has 626 valence electrons. The van der Waals surface area contributed by atoms with Crippen LogP contribution < -0.4 is 31.1 Å². The Hall–Kier alpha value is -2.78. The number of nitrogens with one attached hydrogen (secondary N) is 4. The van der Waals surface area contributed by atoms with Gasteiger partial charge < -0.3 is 73.2 Å². The topological polar surface area (TPSA) is 291 Å². The zero-order chi connectivity index (χ0) is 77.8. The van der Waals surface area contributed by atoms with Gasteiger partial charge in [-0.05, 0) is 96.3 Å². The molecule has 0 aromatic heterocycles. The molecule has 7 unspecified atom stereocenters. The lowest BCUT2D eigenvalue weighted by Gasteiger charge is -2.27. The number of rotatable bonds is 83. The Morgan fingerprint density at radius 1 is 0.358 bits per heavy atom. The number of hydrogen-bond acceptors (Lipinski definition) is 17. The fourth-order valence-corrected chi connectivity index (χ4v) is 13.9. The third-order valence-corrected chi connectivity index (χ3v) is 20.9. The van der Waals surface area contributed by atoms with Gasteiger partial charge in [0.2, 0.25) is 11.8 Å². The first-order chi connectivity index (χ1) is 51.5. The van der Waals surface area contributed by atoms with Crippen molar-refractivity contribution in [2.75, 3.05) is 65.9 Å². The lowest BCUT2D eigenvalue weighted by Crippen LogP contribution is -2.42. The van der Waals surface area contributed by atoms with Crippen LogP contribution in [-0.2, 0) is 60.6 Å². The second kappa shape index (κ2) is 77.5. The Morgan fingerprint density at radius 2 is 0.689 bits per heavy atom. The molecule has 106 heavy (non-hydrogen) atoms. The Balaban J connectivity index is 5.59. The van der Waals surface area contributed by atoms with Crippen LogP contribution >= 0.6 is 15.6 Å². The van der Waals surface area contributed by atoms with Crippen molar-refractivity contribution < 1.29 is 80.2 Å². The van der Waals surface area contributed by atoms with Gasteiger partial charge in [0.05, 0.1) is 64.4 Å². The normalized spacial score (nSPS) is 14.4. The quantitative estimate of drug-likeness (QED) is 0.0124. The number of unbranched alkanes of at least 4 members (excludes halogenated alkanes) is 38. The molecule has 0 radical (unpaired) electrons. The summed E-state index contributed by atoms with van der Waals surface area (Å²) in [7, 11) is -9.92. The number of urea groups is 1. The summed E-state index contributed by atoms with van der Waals surface area (Å²) in [5.74, 6) is -0.741. The molecule has 0 bridgehead atoms. The minimum Gasteiger partial charge on any atom is -0.756 e. The van der Waals surface area contributed by atoms with Crippen molar-refractivity contribution in [2.24, 2.45) is 0 Å². The standard InChI is InChI=1S/C83H162N4O17P2/c1-7-13-19-25-29-33-35-39-41-47-53-59-79(88)86-75(71-97-67-63-77(57-51-45-23-17-11-5)103-81(90)61-55-49-43-37-31-27-21-15-9-3)73-101-105(93,94)99-69-65-84-83(92)85-66-70-100-106(95,96)102-74-76(87-80(89)60-54-48-42-40-36-34-30-26-20-14-8-2)72-98-68-64-78(58-52-46-24-18-12-6)104-82(91)62-56-50-44-38-32-28-22-16-10-4/h37-38,43-44,75-78,81,90H,7-36,39-42,45-74H2,1-6H3,(H,86,88)(H,87,89)(H,93,94)(H,95,96)(H2,84,85,92)/p-2/b43-37-,44-38-. The Bertz CT molecular complexity index is 2150. The average Bonchev–Trinajstić information content (AvgIpc) is 0.918. The van der Waals surface area contributed by atoms with E-state index in [0.29, 0.717) is 51.4 Å². The molecule has 0 aromatic carbocycles. The minimum atomic E-state index is -4.96. The fraction of sp³-hybridized carbons (Fsp3) is 0.904. The predicted octanol–water partition coefficient (Wildman–Crippen LogP) is 20.2. The Labute approximate surface area is 647 Å². The van der Waals surface area contributed by atoms with Crippen LogP contribution in [-0.4, -0.2) is 125 Å². The molecule has 0 saturated carbocycles. The summed E-state index contributed by atoms with van der Waals surface area (Å²) in [6.07, 6.45) is 62.0. The molecule has 21 nitrogen and oxygen atoms in total. The molecular formula is C83H160N4O17P2-2. The van der Waals surface area contributed by atoms with E-state index in [4.69, 9.17) is 37.0 Å². The highest BCUT2D eigenvalue weighted by Gasteiger charge is 2.23. The maximum Gasteiger partial charge on any atom is 0.314 e. The van der Waals surface area contributed by atoms with Crippen molar-refractivity contribution >= 4 is 39.5 Å². The van der Waals surface area contributed by atoms with Gasteiger partial charge in [-0.15, -0.1) is 0 Å². The van der Waals surface area contributed by atoms with Gasteiger partial charge in [-0.1, -0.05) is 291 Å². The lowest BCUT2D eigenvalue weighted by molar-refractivity contribution is -0.227. The number of aliphatic hydroxyl groups is 1. The summed E-state index contributed by atoms with van der Waals surface area (Å²) in [5, 5.41) is 21.6. The Kier molecular flexibility index (Phi) is 75.5. The van der Waals surface area contributed by atoms with Gasteiger partial charge >= 0.3 is 12.0 Å². The third-order valence-electron chi connectivity index (χ3n) is 19.0. The van der Waals surface area contributed by atoms with E-state index in [-0.39, 0.29) is 82.4 Å². The molecule has 0 saturated heterocycles. The molecule has 23 heteroatoms. The second-order valence-electron chi connectivity index (χ2n) is 29.4. The molecule has 0 aliphatic rings. The highest BCUT2D eigenvalue weighted by molar-refractivity contribution is 7.46. The highest BCUT2D eigenvalue weighted by atomic mass is 31.2. The van der Waals surface area contributed by atoms with E-state index >= 15 is 0 Å².